The molecular formula is C21H26N2O2. The Morgan fingerprint density at radius 2 is 1.84 bits per heavy atom. The number of anilines is 1. The molecule has 1 aliphatic rings. The summed E-state index contributed by atoms with van der Waals surface area (Å²) < 4.78 is 5.15. The summed E-state index contributed by atoms with van der Waals surface area (Å²) in [6.45, 7) is 0.638. The quantitative estimate of drug-likeness (QED) is 0.764. The molecule has 132 valence electrons. The van der Waals surface area contributed by atoms with Crippen LogP contribution in [-0.4, -0.2) is 25.8 Å². The third-order valence-electron chi connectivity index (χ3n) is 4.65. The van der Waals surface area contributed by atoms with Gasteiger partial charge in [0.2, 0.25) is 0 Å². The van der Waals surface area contributed by atoms with Crippen LogP contribution >= 0.6 is 0 Å². The number of carbonyl (C=O) groups excluding carboxylic acids is 1. The molecule has 1 fully saturated rings. The Bertz CT molecular complexity index is 683. The number of amides is 2. The maximum absolute atomic E-state index is 12.5. The number of nitrogens with one attached hydrogen (secondary N) is 2. The smallest absolute Gasteiger partial charge is 0.319 e. The first kappa shape index (κ1) is 17.5. The van der Waals surface area contributed by atoms with Crippen molar-refractivity contribution in [2.75, 3.05) is 19.0 Å². The van der Waals surface area contributed by atoms with Crippen LogP contribution in [0.2, 0.25) is 0 Å². The molecule has 0 bridgehead atoms. The Balaban J connectivity index is 1.61. The zero-order valence-electron chi connectivity index (χ0n) is 14.7. The van der Waals surface area contributed by atoms with E-state index in [9.17, 15) is 4.79 Å². The lowest BCUT2D eigenvalue weighted by Gasteiger charge is -2.20. The number of rotatable bonds is 8. The Kier molecular flexibility index (Phi) is 6.07. The summed E-state index contributed by atoms with van der Waals surface area (Å²) in [5.41, 5.74) is 3.21. The minimum Gasteiger partial charge on any atom is -0.384 e. The molecule has 1 aliphatic carbocycles. The maximum Gasteiger partial charge on any atom is 0.319 e. The van der Waals surface area contributed by atoms with E-state index in [-0.39, 0.29) is 12.1 Å². The highest BCUT2D eigenvalue weighted by Crippen LogP contribution is 2.34. The molecule has 1 atom stereocenters. The molecule has 0 saturated heterocycles. The van der Waals surface area contributed by atoms with E-state index in [1.54, 1.807) is 7.11 Å². The van der Waals surface area contributed by atoms with Crippen LogP contribution < -0.4 is 10.6 Å². The largest absolute Gasteiger partial charge is 0.384 e. The minimum atomic E-state index is -0.127. The monoisotopic (exact) mass is 338 g/mol. The van der Waals surface area contributed by atoms with Crippen LogP contribution in [0.5, 0.6) is 0 Å². The molecule has 2 aromatic rings. The molecular weight excluding hydrogens is 312 g/mol. The van der Waals surface area contributed by atoms with Crippen molar-refractivity contribution in [3.05, 3.63) is 65.7 Å². The van der Waals surface area contributed by atoms with Gasteiger partial charge in [-0.25, -0.2) is 4.79 Å². The number of methoxy groups -OCH3 is 1. The van der Waals surface area contributed by atoms with Crippen LogP contribution in [0.1, 0.15) is 24.0 Å². The van der Waals surface area contributed by atoms with Gasteiger partial charge in [0.05, 0.1) is 6.61 Å². The lowest BCUT2D eigenvalue weighted by atomic mass is 10.0. The van der Waals surface area contributed by atoms with E-state index in [0.717, 1.165) is 24.1 Å². The number of benzene rings is 2. The zero-order chi connectivity index (χ0) is 17.5. The number of carbonyl (C=O) groups is 1. The summed E-state index contributed by atoms with van der Waals surface area (Å²) in [4.78, 5) is 12.5. The van der Waals surface area contributed by atoms with E-state index >= 15 is 0 Å². The summed E-state index contributed by atoms with van der Waals surface area (Å²) in [6, 6.07) is 18.3. The Morgan fingerprint density at radius 1 is 1.12 bits per heavy atom. The van der Waals surface area contributed by atoms with E-state index in [0.29, 0.717) is 12.5 Å². The van der Waals surface area contributed by atoms with Gasteiger partial charge in [-0.05, 0) is 48.8 Å². The van der Waals surface area contributed by atoms with Crippen LogP contribution in [0.15, 0.2) is 54.6 Å². The van der Waals surface area contributed by atoms with Gasteiger partial charge < -0.3 is 15.4 Å². The fourth-order valence-corrected chi connectivity index (χ4v) is 3.10. The van der Waals surface area contributed by atoms with Crippen LogP contribution in [0.3, 0.4) is 0 Å². The van der Waals surface area contributed by atoms with Gasteiger partial charge in [-0.1, -0.05) is 48.5 Å². The highest BCUT2D eigenvalue weighted by atomic mass is 16.5. The lowest BCUT2D eigenvalue weighted by molar-refractivity contribution is 0.202. The average molecular weight is 338 g/mol. The van der Waals surface area contributed by atoms with Crippen molar-refractivity contribution in [2.24, 2.45) is 5.92 Å². The van der Waals surface area contributed by atoms with Gasteiger partial charge in [-0.15, -0.1) is 0 Å². The second-order valence-electron chi connectivity index (χ2n) is 6.63. The topological polar surface area (TPSA) is 50.4 Å². The SMILES string of the molecule is COCCc1ccccc1NC(=O)N[C@@H](Cc1ccccc1)C1CC1. The van der Waals surface area contributed by atoms with Crippen LogP contribution in [-0.2, 0) is 17.6 Å². The van der Waals surface area contributed by atoms with Crippen molar-refractivity contribution in [3.63, 3.8) is 0 Å². The van der Waals surface area contributed by atoms with Crippen molar-refractivity contribution in [1.82, 2.24) is 5.32 Å². The van der Waals surface area contributed by atoms with E-state index in [4.69, 9.17) is 4.74 Å². The Labute approximate surface area is 149 Å². The fraction of sp³-hybridized carbons (Fsp3) is 0.381. The summed E-state index contributed by atoms with van der Waals surface area (Å²) in [5, 5.41) is 6.19. The first-order valence-electron chi connectivity index (χ1n) is 8.94. The van der Waals surface area contributed by atoms with E-state index in [2.05, 4.69) is 22.8 Å². The molecule has 2 aromatic carbocycles. The van der Waals surface area contributed by atoms with Gasteiger partial charge in [0, 0.05) is 18.8 Å². The normalized spacial score (nSPS) is 14.8. The van der Waals surface area contributed by atoms with Crippen molar-refractivity contribution in [1.29, 1.82) is 0 Å². The first-order chi connectivity index (χ1) is 12.3. The standard InChI is InChI=1S/C21H26N2O2/c1-25-14-13-17-9-5-6-10-19(17)22-21(24)23-20(18-11-12-18)15-16-7-3-2-4-8-16/h2-10,18,20H,11-15H2,1H3,(H2,22,23,24)/t20-/m0/s1. The van der Waals surface area contributed by atoms with Crippen LogP contribution in [0, 0.1) is 5.92 Å². The summed E-state index contributed by atoms with van der Waals surface area (Å²) >= 11 is 0. The summed E-state index contributed by atoms with van der Waals surface area (Å²) in [5.74, 6) is 0.592. The van der Waals surface area contributed by atoms with Crippen molar-refractivity contribution < 1.29 is 9.53 Å². The molecule has 4 heteroatoms. The molecule has 2 amide bonds. The minimum absolute atomic E-state index is 0.127. The summed E-state index contributed by atoms with van der Waals surface area (Å²) in [6.07, 6.45) is 4.05. The highest BCUT2D eigenvalue weighted by Gasteiger charge is 2.32. The molecule has 25 heavy (non-hydrogen) atoms. The van der Waals surface area contributed by atoms with E-state index in [1.807, 2.05) is 42.5 Å². The first-order valence-corrected chi connectivity index (χ1v) is 8.94. The van der Waals surface area contributed by atoms with Crippen LogP contribution in [0.25, 0.3) is 0 Å². The van der Waals surface area contributed by atoms with Crippen molar-refractivity contribution in [3.8, 4) is 0 Å². The third kappa shape index (κ3) is 5.33. The predicted octanol–water partition coefficient (Wildman–Crippen LogP) is 4.02. The van der Waals surface area contributed by atoms with Gasteiger partial charge >= 0.3 is 6.03 Å². The fourth-order valence-electron chi connectivity index (χ4n) is 3.10. The maximum atomic E-state index is 12.5. The van der Waals surface area contributed by atoms with Crippen molar-refractivity contribution >= 4 is 11.7 Å². The lowest BCUT2D eigenvalue weighted by Crippen LogP contribution is -2.40. The van der Waals surface area contributed by atoms with Gasteiger partial charge in [0.1, 0.15) is 0 Å². The highest BCUT2D eigenvalue weighted by molar-refractivity contribution is 5.90. The van der Waals surface area contributed by atoms with Crippen LogP contribution in [0.4, 0.5) is 10.5 Å². The molecule has 0 heterocycles. The second kappa shape index (κ2) is 8.67. The van der Waals surface area contributed by atoms with E-state index < -0.39 is 0 Å². The van der Waals surface area contributed by atoms with Gasteiger partial charge in [-0.3, -0.25) is 0 Å². The molecule has 0 unspecified atom stereocenters. The van der Waals surface area contributed by atoms with Crippen molar-refractivity contribution in [2.45, 2.75) is 31.7 Å². The Morgan fingerprint density at radius 3 is 2.56 bits per heavy atom. The number of para-hydroxylation sites is 1. The number of urea groups is 1. The molecule has 3 rings (SSSR count). The third-order valence-corrected chi connectivity index (χ3v) is 4.65. The summed E-state index contributed by atoms with van der Waals surface area (Å²) in [7, 11) is 1.69. The predicted molar refractivity (Wildman–Crippen MR) is 101 cm³/mol. The van der Waals surface area contributed by atoms with Gasteiger partial charge in [0.25, 0.3) is 0 Å². The molecule has 2 N–H and O–H groups in total. The molecule has 0 radical (unpaired) electrons. The number of hydrogen-bond donors (Lipinski definition) is 2. The van der Waals surface area contributed by atoms with Gasteiger partial charge in [0.15, 0.2) is 0 Å². The van der Waals surface area contributed by atoms with E-state index in [1.165, 1.54) is 18.4 Å². The zero-order valence-corrected chi connectivity index (χ0v) is 14.7. The number of ether oxygens (including phenoxy) is 1. The van der Waals surface area contributed by atoms with Gasteiger partial charge in [-0.2, -0.15) is 0 Å². The molecule has 1 saturated carbocycles. The number of hydrogen-bond acceptors (Lipinski definition) is 2. The Hall–Kier alpha value is -2.33. The molecule has 0 aromatic heterocycles. The molecule has 0 spiro atoms. The molecule has 4 nitrogen and oxygen atoms in total. The second-order valence-corrected chi connectivity index (χ2v) is 6.63. The average Bonchev–Trinajstić information content (AvgIpc) is 3.46. The molecule has 0 aliphatic heterocycles.